The van der Waals surface area contributed by atoms with Crippen LogP contribution in [0.1, 0.15) is 17.1 Å². The normalized spacial score (nSPS) is 10.6. The molecule has 0 unspecified atom stereocenters. The van der Waals surface area contributed by atoms with E-state index in [0.717, 1.165) is 17.1 Å². The Hall–Kier alpha value is -1.81. The van der Waals surface area contributed by atoms with Crippen LogP contribution in [0.2, 0.25) is 0 Å². The molecule has 96 valence electrons. The Kier molecular flexibility index (Phi) is 3.99. The fourth-order valence-corrected chi connectivity index (χ4v) is 1.68. The van der Waals surface area contributed by atoms with E-state index in [-0.39, 0.29) is 5.82 Å². The van der Waals surface area contributed by atoms with Gasteiger partial charge < -0.3 is 14.5 Å². The minimum atomic E-state index is -0.266. The number of hydrogen-bond donors (Lipinski definition) is 1. The van der Waals surface area contributed by atoms with Gasteiger partial charge in [-0.25, -0.2) is 4.39 Å². The van der Waals surface area contributed by atoms with Gasteiger partial charge in [0.15, 0.2) is 0 Å². The monoisotopic (exact) mass is 249 g/mol. The van der Waals surface area contributed by atoms with E-state index in [1.165, 1.54) is 12.1 Å². The van der Waals surface area contributed by atoms with Crippen LogP contribution in [0, 0.1) is 12.7 Å². The minimum Gasteiger partial charge on any atom is -0.489 e. The molecule has 1 N–H and O–H groups in total. The van der Waals surface area contributed by atoms with E-state index in [4.69, 9.17) is 9.15 Å². The van der Waals surface area contributed by atoms with Gasteiger partial charge >= 0.3 is 0 Å². The third-order valence-corrected chi connectivity index (χ3v) is 2.63. The lowest BCUT2D eigenvalue weighted by atomic mass is 10.2. The third kappa shape index (κ3) is 3.11. The van der Waals surface area contributed by atoms with Crippen LogP contribution >= 0.6 is 0 Å². The van der Waals surface area contributed by atoms with Crippen LogP contribution in [0.5, 0.6) is 5.75 Å². The molecule has 0 radical (unpaired) electrons. The smallest absolute Gasteiger partial charge is 0.123 e. The van der Waals surface area contributed by atoms with Gasteiger partial charge in [0, 0.05) is 5.56 Å². The molecule has 1 aromatic carbocycles. The summed E-state index contributed by atoms with van der Waals surface area (Å²) in [7, 11) is 1.87. The van der Waals surface area contributed by atoms with Gasteiger partial charge in [-0.05, 0) is 44.3 Å². The number of benzene rings is 1. The summed E-state index contributed by atoms with van der Waals surface area (Å²) in [6.07, 6.45) is 0. The van der Waals surface area contributed by atoms with E-state index in [0.29, 0.717) is 18.9 Å². The summed E-state index contributed by atoms with van der Waals surface area (Å²) >= 11 is 0. The van der Waals surface area contributed by atoms with Crippen molar-refractivity contribution < 1.29 is 13.5 Å². The number of ether oxygens (including phenoxy) is 1. The maximum Gasteiger partial charge on any atom is 0.123 e. The lowest BCUT2D eigenvalue weighted by molar-refractivity contribution is 0.302. The van der Waals surface area contributed by atoms with E-state index in [9.17, 15) is 4.39 Å². The third-order valence-electron chi connectivity index (χ3n) is 2.63. The van der Waals surface area contributed by atoms with Gasteiger partial charge in [-0.3, -0.25) is 0 Å². The Morgan fingerprint density at radius 2 is 2.00 bits per heavy atom. The number of nitrogens with one attached hydrogen (secondary N) is 1. The van der Waals surface area contributed by atoms with Crippen molar-refractivity contribution in [1.82, 2.24) is 5.32 Å². The van der Waals surface area contributed by atoms with Crippen molar-refractivity contribution in [3.05, 3.63) is 53.2 Å². The maximum atomic E-state index is 12.7. The maximum absolute atomic E-state index is 12.7. The van der Waals surface area contributed by atoms with Crippen LogP contribution < -0.4 is 10.1 Å². The Morgan fingerprint density at radius 1 is 1.28 bits per heavy atom. The molecule has 4 heteroatoms. The van der Waals surface area contributed by atoms with E-state index >= 15 is 0 Å². The quantitative estimate of drug-likeness (QED) is 0.884. The first kappa shape index (κ1) is 12.6. The average molecular weight is 249 g/mol. The van der Waals surface area contributed by atoms with Gasteiger partial charge in [-0.15, -0.1) is 0 Å². The largest absolute Gasteiger partial charge is 0.489 e. The first-order valence-corrected chi connectivity index (χ1v) is 5.80. The van der Waals surface area contributed by atoms with E-state index in [1.54, 1.807) is 12.1 Å². The van der Waals surface area contributed by atoms with Gasteiger partial charge in [-0.1, -0.05) is 0 Å². The second-order valence-electron chi connectivity index (χ2n) is 4.07. The molecule has 0 saturated heterocycles. The van der Waals surface area contributed by atoms with Gasteiger partial charge in [0.1, 0.15) is 29.7 Å². The molecule has 0 bridgehead atoms. The van der Waals surface area contributed by atoms with Crippen LogP contribution in [0.4, 0.5) is 4.39 Å². The lowest BCUT2D eigenvalue weighted by Gasteiger charge is -2.04. The molecule has 0 aliphatic rings. The molecule has 2 rings (SSSR count). The van der Waals surface area contributed by atoms with Crippen molar-refractivity contribution in [2.75, 3.05) is 7.05 Å². The van der Waals surface area contributed by atoms with Crippen molar-refractivity contribution in [3.63, 3.8) is 0 Å². The van der Waals surface area contributed by atoms with E-state index in [1.807, 2.05) is 20.0 Å². The summed E-state index contributed by atoms with van der Waals surface area (Å²) in [5.41, 5.74) is 1.00. The fourth-order valence-electron chi connectivity index (χ4n) is 1.68. The molecule has 0 amide bonds. The Morgan fingerprint density at radius 3 is 2.67 bits per heavy atom. The summed E-state index contributed by atoms with van der Waals surface area (Å²) in [4.78, 5) is 0. The molecule has 1 heterocycles. The molecule has 3 nitrogen and oxygen atoms in total. The standard InChI is InChI=1S/C14H16FNO2/c1-10-11(7-14(18-10)8-16-2)9-17-13-5-3-12(15)4-6-13/h3-7,16H,8-9H2,1-2H3. The van der Waals surface area contributed by atoms with Crippen LogP contribution in [0.3, 0.4) is 0 Å². The van der Waals surface area contributed by atoms with Crippen LogP contribution in [-0.2, 0) is 13.2 Å². The first-order valence-electron chi connectivity index (χ1n) is 5.80. The van der Waals surface area contributed by atoms with Crippen molar-refractivity contribution in [2.24, 2.45) is 0 Å². The Labute approximate surface area is 106 Å². The van der Waals surface area contributed by atoms with Crippen LogP contribution in [0.25, 0.3) is 0 Å². The summed E-state index contributed by atoms with van der Waals surface area (Å²) in [6.45, 7) is 3.02. The lowest BCUT2D eigenvalue weighted by Crippen LogP contribution is -2.03. The molecule has 0 atom stereocenters. The molecule has 1 aromatic heterocycles. The fraction of sp³-hybridized carbons (Fsp3) is 0.286. The number of hydrogen-bond acceptors (Lipinski definition) is 3. The van der Waals surface area contributed by atoms with Crippen molar-refractivity contribution in [1.29, 1.82) is 0 Å². The number of furan rings is 1. The zero-order valence-electron chi connectivity index (χ0n) is 10.5. The average Bonchev–Trinajstić information content (AvgIpc) is 2.70. The van der Waals surface area contributed by atoms with Gasteiger partial charge in [0.2, 0.25) is 0 Å². The molecule has 18 heavy (non-hydrogen) atoms. The molecule has 0 aliphatic carbocycles. The molecule has 0 saturated carbocycles. The van der Waals surface area contributed by atoms with E-state index in [2.05, 4.69) is 5.32 Å². The van der Waals surface area contributed by atoms with Gasteiger partial charge in [0.25, 0.3) is 0 Å². The molecular weight excluding hydrogens is 233 g/mol. The topological polar surface area (TPSA) is 34.4 Å². The molecule has 2 aromatic rings. The van der Waals surface area contributed by atoms with Gasteiger partial charge in [0.05, 0.1) is 6.54 Å². The highest BCUT2D eigenvalue weighted by molar-refractivity contribution is 5.24. The number of halogens is 1. The molecule has 0 spiro atoms. The van der Waals surface area contributed by atoms with Crippen molar-refractivity contribution in [2.45, 2.75) is 20.1 Å². The van der Waals surface area contributed by atoms with E-state index < -0.39 is 0 Å². The highest BCUT2D eigenvalue weighted by Gasteiger charge is 2.07. The summed E-state index contributed by atoms with van der Waals surface area (Å²) < 4.78 is 23.9. The number of rotatable bonds is 5. The zero-order chi connectivity index (χ0) is 13.0. The van der Waals surface area contributed by atoms with Crippen LogP contribution in [0.15, 0.2) is 34.7 Å². The predicted molar refractivity (Wildman–Crippen MR) is 66.9 cm³/mol. The Balaban J connectivity index is 1.99. The minimum absolute atomic E-state index is 0.266. The number of aryl methyl sites for hydroxylation is 1. The first-order chi connectivity index (χ1) is 8.69. The van der Waals surface area contributed by atoms with Crippen molar-refractivity contribution in [3.8, 4) is 5.75 Å². The summed E-state index contributed by atoms with van der Waals surface area (Å²) in [6, 6.07) is 7.95. The second-order valence-corrected chi connectivity index (χ2v) is 4.07. The summed E-state index contributed by atoms with van der Waals surface area (Å²) in [5.74, 6) is 2.11. The van der Waals surface area contributed by atoms with Crippen molar-refractivity contribution >= 4 is 0 Å². The van der Waals surface area contributed by atoms with Gasteiger partial charge in [-0.2, -0.15) is 0 Å². The summed E-state index contributed by atoms with van der Waals surface area (Å²) in [5, 5.41) is 3.03. The second kappa shape index (κ2) is 5.69. The molecule has 0 aliphatic heterocycles. The Bertz CT molecular complexity index is 505. The predicted octanol–water partition coefficient (Wildman–Crippen LogP) is 3.03. The van der Waals surface area contributed by atoms with Crippen LogP contribution in [-0.4, -0.2) is 7.05 Å². The highest BCUT2D eigenvalue weighted by Crippen LogP contribution is 2.18. The molecular formula is C14H16FNO2. The highest BCUT2D eigenvalue weighted by atomic mass is 19.1. The molecule has 0 fully saturated rings. The zero-order valence-corrected chi connectivity index (χ0v) is 10.5. The SMILES string of the molecule is CNCc1cc(COc2ccc(F)cc2)c(C)o1.